The number of ether oxygens (including phenoxy) is 1. The molecule has 152 valence electrons. The van der Waals surface area contributed by atoms with Gasteiger partial charge in [-0.3, -0.25) is 9.36 Å². The number of para-hydroxylation sites is 1. The molecule has 4 nitrogen and oxygen atoms in total. The Balaban J connectivity index is 1.80. The first-order valence-corrected chi connectivity index (χ1v) is 10.9. The molecular weight excluding hydrogens is 392 g/mol. The summed E-state index contributed by atoms with van der Waals surface area (Å²) in [7, 11) is 1.68. The lowest BCUT2D eigenvalue weighted by molar-refractivity contribution is 0.411. The van der Waals surface area contributed by atoms with E-state index in [0.717, 1.165) is 22.4 Å². The second-order valence-electron chi connectivity index (χ2n) is 7.28. The minimum absolute atomic E-state index is 0.0179. The monoisotopic (exact) mass is 416 g/mol. The molecular formula is C25H24N2O2S. The van der Waals surface area contributed by atoms with Gasteiger partial charge in [-0.1, -0.05) is 71.9 Å². The van der Waals surface area contributed by atoms with Gasteiger partial charge in [-0.15, -0.1) is 0 Å². The van der Waals surface area contributed by atoms with Crippen LogP contribution in [-0.4, -0.2) is 16.7 Å². The maximum Gasteiger partial charge on any atom is 0.262 e. The summed E-state index contributed by atoms with van der Waals surface area (Å²) in [4.78, 5) is 18.3. The second kappa shape index (κ2) is 8.76. The van der Waals surface area contributed by atoms with Gasteiger partial charge in [-0.05, 0) is 37.6 Å². The van der Waals surface area contributed by atoms with Crippen LogP contribution in [0.5, 0.6) is 5.75 Å². The molecule has 0 amide bonds. The molecule has 30 heavy (non-hydrogen) atoms. The molecule has 0 saturated carbocycles. The third kappa shape index (κ3) is 3.98. The maximum atomic E-state index is 13.4. The van der Waals surface area contributed by atoms with Crippen molar-refractivity contribution in [1.82, 2.24) is 9.55 Å². The lowest BCUT2D eigenvalue weighted by atomic mass is 10.1. The minimum atomic E-state index is -0.127. The van der Waals surface area contributed by atoms with E-state index in [1.807, 2.05) is 78.2 Å². The first kappa shape index (κ1) is 20.2. The van der Waals surface area contributed by atoms with Crippen LogP contribution in [0.2, 0.25) is 0 Å². The molecule has 1 atom stereocenters. The van der Waals surface area contributed by atoms with Gasteiger partial charge < -0.3 is 4.74 Å². The maximum absolute atomic E-state index is 13.4. The van der Waals surface area contributed by atoms with Gasteiger partial charge >= 0.3 is 0 Å². The Labute approximate surface area is 180 Å². The lowest BCUT2D eigenvalue weighted by Crippen LogP contribution is -2.27. The molecule has 0 N–H and O–H groups in total. The lowest BCUT2D eigenvalue weighted by Gasteiger charge is -2.20. The standard InChI is InChI=1S/C25H24N2O2S/c1-17-13-14-23(29-3)20(15-17)16-30-25-26-22-12-8-7-11-21(22)24(28)27(25)18(2)19-9-5-4-6-10-19/h4-15,18H,16H2,1-3H3/t18-/m1/s1. The first-order chi connectivity index (χ1) is 14.6. The summed E-state index contributed by atoms with van der Waals surface area (Å²) >= 11 is 1.56. The van der Waals surface area contributed by atoms with Crippen molar-refractivity contribution in [2.75, 3.05) is 7.11 Å². The fourth-order valence-corrected chi connectivity index (χ4v) is 4.67. The van der Waals surface area contributed by atoms with Gasteiger partial charge in [0.25, 0.3) is 5.56 Å². The van der Waals surface area contributed by atoms with E-state index in [4.69, 9.17) is 9.72 Å². The number of nitrogens with zero attached hydrogens (tertiary/aromatic N) is 2. The third-order valence-corrected chi connectivity index (χ3v) is 6.24. The highest BCUT2D eigenvalue weighted by atomic mass is 32.2. The fourth-order valence-electron chi connectivity index (χ4n) is 3.61. The fraction of sp³-hybridized carbons (Fsp3) is 0.200. The number of benzene rings is 3. The molecule has 1 heterocycles. The molecule has 0 aliphatic carbocycles. The van der Waals surface area contributed by atoms with Crippen molar-refractivity contribution in [2.45, 2.75) is 30.8 Å². The van der Waals surface area contributed by atoms with Crippen molar-refractivity contribution in [3.8, 4) is 5.75 Å². The predicted octanol–water partition coefficient (Wildman–Crippen LogP) is 5.62. The molecule has 0 spiro atoms. The molecule has 0 unspecified atom stereocenters. The van der Waals surface area contributed by atoms with E-state index >= 15 is 0 Å². The van der Waals surface area contributed by atoms with Crippen molar-refractivity contribution in [3.63, 3.8) is 0 Å². The summed E-state index contributed by atoms with van der Waals surface area (Å²) in [5.41, 5.74) is 4.04. The van der Waals surface area contributed by atoms with E-state index in [2.05, 4.69) is 13.0 Å². The van der Waals surface area contributed by atoms with Gasteiger partial charge in [0.05, 0.1) is 24.1 Å². The number of rotatable bonds is 6. The number of methoxy groups -OCH3 is 1. The molecule has 0 bridgehead atoms. The number of fused-ring (bicyclic) bond motifs is 1. The van der Waals surface area contributed by atoms with Crippen molar-refractivity contribution in [3.05, 3.63) is 99.8 Å². The van der Waals surface area contributed by atoms with Crippen LogP contribution in [0.1, 0.15) is 29.7 Å². The average Bonchev–Trinajstić information content (AvgIpc) is 2.78. The van der Waals surface area contributed by atoms with Crippen LogP contribution in [0.3, 0.4) is 0 Å². The summed E-state index contributed by atoms with van der Waals surface area (Å²) in [6, 6.07) is 23.6. The Hall–Kier alpha value is -3.05. The number of thioether (sulfide) groups is 1. The zero-order chi connectivity index (χ0) is 21.1. The van der Waals surface area contributed by atoms with Crippen molar-refractivity contribution in [1.29, 1.82) is 0 Å². The van der Waals surface area contributed by atoms with Gasteiger partial charge in [-0.2, -0.15) is 0 Å². The smallest absolute Gasteiger partial charge is 0.262 e. The normalized spacial score (nSPS) is 12.1. The molecule has 4 rings (SSSR count). The van der Waals surface area contributed by atoms with Crippen LogP contribution in [0, 0.1) is 6.92 Å². The van der Waals surface area contributed by atoms with Crippen LogP contribution < -0.4 is 10.3 Å². The second-order valence-corrected chi connectivity index (χ2v) is 8.22. The molecule has 1 aromatic heterocycles. The molecule has 0 aliphatic heterocycles. The zero-order valence-electron chi connectivity index (χ0n) is 17.3. The predicted molar refractivity (Wildman–Crippen MR) is 124 cm³/mol. The molecule has 0 radical (unpaired) electrons. The Bertz CT molecular complexity index is 1240. The quantitative estimate of drug-likeness (QED) is 0.302. The summed E-state index contributed by atoms with van der Waals surface area (Å²) in [5, 5.41) is 1.34. The number of aromatic nitrogens is 2. The van der Waals surface area contributed by atoms with E-state index in [9.17, 15) is 4.79 Å². The zero-order valence-corrected chi connectivity index (χ0v) is 18.1. The van der Waals surface area contributed by atoms with Crippen molar-refractivity contribution < 1.29 is 4.74 Å². The van der Waals surface area contributed by atoms with Crippen LogP contribution in [0.15, 0.2) is 82.7 Å². The highest BCUT2D eigenvalue weighted by Gasteiger charge is 2.18. The van der Waals surface area contributed by atoms with Gasteiger partial charge in [0.15, 0.2) is 5.16 Å². The number of hydrogen-bond donors (Lipinski definition) is 0. The molecule has 0 aliphatic rings. The summed E-state index contributed by atoms with van der Waals surface area (Å²) < 4.78 is 7.34. The van der Waals surface area contributed by atoms with E-state index in [1.165, 1.54) is 5.56 Å². The van der Waals surface area contributed by atoms with E-state index in [1.54, 1.807) is 18.9 Å². The molecule has 0 saturated heterocycles. The largest absolute Gasteiger partial charge is 0.496 e. The van der Waals surface area contributed by atoms with E-state index in [0.29, 0.717) is 16.3 Å². The summed E-state index contributed by atoms with van der Waals surface area (Å²) in [5.74, 6) is 1.51. The van der Waals surface area contributed by atoms with Gasteiger partial charge in [0, 0.05) is 11.3 Å². The van der Waals surface area contributed by atoms with Crippen LogP contribution in [0.4, 0.5) is 0 Å². The number of hydrogen-bond acceptors (Lipinski definition) is 4. The molecule has 5 heteroatoms. The highest BCUT2D eigenvalue weighted by Crippen LogP contribution is 2.30. The van der Waals surface area contributed by atoms with Crippen LogP contribution in [0.25, 0.3) is 10.9 Å². The summed E-state index contributed by atoms with van der Waals surface area (Å²) in [6.45, 7) is 4.11. The average molecular weight is 417 g/mol. The van der Waals surface area contributed by atoms with Crippen molar-refractivity contribution in [2.24, 2.45) is 0 Å². The highest BCUT2D eigenvalue weighted by molar-refractivity contribution is 7.98. The van der Waals surface area contributed by atoms with Gasteiger partial charge in [0.2, 0.25) is 0 Å². The molecule has 3 aromatic carbocycles. The van der Waals surface area contributed by atoms with Gasteiger partial charge in [0.1, 0.15) is 5.75 Å². The SMILES string of the molecule is COc1ccc(C)cc1CSc1nc2ccccc2c(=O)n1[C@H](C)c1ccccc1. The minimum Gasteiger partial charge on any atom is -0.496 e. The third-order valence-electron chi connectivity index (χ3n) is 5.24. The Morgan fingerprint density at radius 3 is 2.53 bits per heavy atom. The van der Waals surface area contributed by atoms with Crippen LogP contribution in [-0.2, 0) is 5.75 Å². The molecule has 0 fully saturated rings. The number of aryl methyl sites for hydroxylation is 1. The van der Waals surface area contributed by atoms with E-state index < -0.39 is 0 Å². The summed E-state index contributed by atoms with van der Waals surface area (Å²) in [6.07, 6.45) is 0. The van der Waals surface area contributed by atoms with E-state index in [-0.39, 0.29) is 11.6 Å². The Kier molecular flexibility index (Phi) is 5.91. The molecule has 4 aromatic rings. The van der Waals surface area contributed by atoms with Crippen molar-refractivity contribution >= 4 is 22.7 Å². The Morgan fingerprint density at radius 2 is 1.77 bits per heavy atom. The van der Waals surface area contributed by atoms with Crippen LogP contribution >= 0.6 is 11.8 Å². The van der Waals surface area contributed by atoms with Gasteiger partial charge in [-0.25, -0.2) is 4.98 Å². The topological polar surface area (TPSA) is 44.1 Å². The Morgan fingerprint density at radius 1 is 1.03 bits per heavy atom. The first-order valence-electron chi connectivity index (χ1n) is 9.91.